The summed E-state index contributed by atoms with van der Waals surface area (Å²) in [6.07, 6.45) is 1.91. The first kappa shape index (κ1) is 23.9. The monoisotopic (exact) mass is 490 g/mol. The van der Waals surface area contributed by atoms with E-state index in [9.17, 15) is 18.0 Å². The van der Waals surface area contributed by atoms with Gasteiger partial charge in [-0.2, -0.15) is 4.31 Å². The number of aryl methyl sites for hydroxylation is 1. The van der Waals surface area contributed by atoms with Gasteiger partial charge in [-0.3, -0.25) is 14.5 Å². The minimum atomic E-state index is -3.67. The van der Waals surface area contributed by atoms with Gasteiger partial charge in [-0.25, -0.2) is 8.42 Å². The summed E-state index contributed by atoms with van der Waals surface area (Å²) < 4.78 is 27.6. The standard InChI is InChI=1S/C23H30N4O4S2/c1-3-26-12-10-18-19(14-26)32-23(20(18)21(24)28)25-22(29)16-5-4-11-27(13-16)33(30,31)17-8-6-15(2)7-9-17/h6-9,16H,3-5,10-14H2,1-2H3,(H2,24,28)(H,25,29). The van der Waals surface area contributed by atoms with Crippen molar-refractivity contribution in [1.29, 1.82) is 0 Å². The van der Waals surface area contributed by atoms with Crippen molar-refractivity contribution in [3.8, 4) is 0 Å². The number of amides is 2. The number of anilines is 1. The maximum atomic E-state index is 13.1. The number of piperidine rings is 1. The molecule has 1 atom stereocenters. The largest absolute Gasteiger partial charge is 0.365 e. The lowest BCUT2D eigenvalue weighted by molar-refractivity contribution is -0.120. The summed E-state index contributed by atoms with van der Waals surface area (Å²) >= 11 is 1.40. The highest BCUT2D eigenvalue weighted by molar-refractivity contribution is 7.89. The summed E-state index contributed by atoms with van der Waals surface area (Å²) in [5, 5.41) is 3.39. The molecule has 3 heterocycles. The maximum absolute atomic E-state index is 13.1. The van der Waals surface area contributed by atoms with Gasteiger partial charge in [-0.1, -0.05) is 24.6 Å². The highest BCUT2D eigenvalue weighted by Gasteiger charge is 2.34. The van der Waals surface area contributed by atoms with Crippen molar-refractivity contribution < 1.29 is 18.0 Å². The van der Waals surface area contributed by atoms with Crippen molar-refractivity contribution in [2.45, 2.75) is 44.6 Å². The van der Waals surface area contributed by atoms with Gasteiger partial charge in [0.05, 0.1) is 16.4 Å². The molecule has 3 N–H and O–H groups in total. The number of thiophene rings is 1. The molecule has 8 nitrogen and oxygen atoms in total. The molecular weight excluding hydrogens is 460 g/mol. The Balaban J connectivity index is 1.52. The Morgan fingerprint density at radius 2 is 1.94 bits per heavy atom. The molecule has 1 aromatic carbocycles. The molecule has 0 radical (unpaired) electrons. The molecule has 1 saturated heterocycles. The Morgan fingerprint density at radius 1 is 1.21 bits per heavy atom. The van der Waals surface area contributed by atoms with Crippen LogP contribution < -0.4 is 11.1 Å². The molecule has 2 aliphatic heterocycles. The van der Waals surface area contributed by atoms with Gasteiger partial charge in [0.15, 0.2) is 0 Å². The molecule has 2 aromatic rings. The highest BCUT2D eigenvalue weighted by atomic mass is 32.2. The van der Waals surface area contributed by atoms with Crippen LogP contribution in [-0.4, -0.2) is 55.6 Å². The predicted octanol–water partition coefficient (Wildman–Crippen LogP) is 2.57. The number of hydrogen-bond acceptors (Lipinski definition) is 6. The first-order chi connectivity index (χ1) is 15.7. The van der Waals surface area contributed by atoms with E-state index < -0.39 is 21.8 Å². The van der Waals surface area contributed by atoms with E-state index in [1.165, 1.54) is 15.6 Å². The number of sulfonamides is 1. The third kappa shape index (κ3) is 4.84. The number of benzene rings is 1. The quantitative estimate of drug-likeness (QED) is 0.646. The third-order valence-electron chi connectivity index (χ3n) is 6.48. The first-order valence-corrected chi connectivity index (χ1v) is 13.5. The summed E-state index contributed by atoms with van der Waals surface area (Å²) in [5.41, 5.74) is 7.99. The summed E-state index contributed by atoms with van der Waals surface area (Å²) in [6.45, 7) is 6.99. The molecule has 33 heavy (non-hydrogen) atoms. The number of hydrogen-bond donors (Lipinski definition) is 2. The number of likely N-dealkylation sites (N-methyl/N-ethyl adjacent to an activating group) is 1. The lowest BCUT2D eigenvalue weighted by Crippen LogP contribution is -2.43. The Hall–Kier alpha value is -2.27. The van der Waals surface area contributed by atoms with E-state index >= 15 is 0 Å². The van der Waals surface area contributed by atoms with Crippen LogP contribution in [0.5, 0.6) is 0 Å². The third-order valence-corrected chi connectivity index (χ3v) is 9.49. The Morgan fingerprint density at radius 3 is 2.61 bits per heavy atom. The molecule has 1 unspecified atom stereocenters. The van der Waals surface area contributed by atoms with Crippen molar-refractivity contribution in [3.05, 3.63) is 45.8 Å². The van der Waals surface area contributed by atoms with Crippen molar-refractivity contribution >= 4 is 38.2 Å². The topological polar surface area (TPSA) is 113 Å². The van der Waals surface area contributed by atoms with Gasteiger partial charge in [0, 0.05) is 31.1 Å². The van der Waals surface area contributed by atoms with Gasteiger partial charge >= 0.3 is 0 Å². The van der Waals surface area contributed by atoms with E-state index in [2.05, 4.69) is 17.1 Å². The molecule has 0 bridgehead atoms. The number of fused-ring (bicyclic) bond motifs is 1. The van der Waals surface area contributed by atoms with E-state index in [0.29, 0.717) is 30.0 Å². The summed E-state index contributed by atoms with van der Waals surface area (Å²) in [6, 6.07) is 6.74. The molecule has 4 rings (SSSR count). The number of carbonyl (C=O) groups excluding carboxylic acids is 2. The van der Waals surface area contributed by atoms with Gasteiger partial charge < -0.3 is 11.1 Å². The van der Waals surface area contributed by atoms with Crippen LogP contribution >= 0.6 is 11.3 Å². The first-order valence-electron chi connectivity index (χ1n) is 11.2. The van der Waals surface area contributed by atoms with E-state index in [-0.39, 0.29) is 17.3 Å². The number of primary amides is 1. The number of nitrogens with zero attached hydrogens (tertiary/aromatic N) is 2. The summed E-state index contributed by atoms with van der Waals surface area (Å²) in [7, 11) is -3.67. The van der Waals surface area contributed by atoms with Crippen molar-refractivity contribution in [2.24, 2.45) is 11.7 Å². The minimum Gasteiger partial charge on any atom is -0.365 e. The van der Waals surface area contributed by atoms with Gasteiger partial charge in [0.1, 0.15) is 5.00 Å². The predicted molar refractivity (Wildman–Crippen MR) is 129 cm³/mol. The number of rotatable bonds is 6. The Bertz CT molecular complexity index is 1160. The zero-order valence-electron chi connectivity index (χ0n) is 19.0. The number of nitrogens with two attached hydrogens (primary N) is 1. The van der Waals surface area contributed by atoms with E-state index in [1.54, 1.807) is 24.3 Å². The van der Waals surface area contributed by atoms with Gasteiger partial charge in [0.25, 0.3) is 5.91 Å². The van der Waals surface area contributed by atoms with Gasteiger partial charge in [-0.15, -0.1) is 11.3 Å². The Labute approximate surface area is 198 Å². The van der Waals surface area contributed by atoms with E-state index in [0.717, 1.165) is 42.1 Å². The molecule has 1 fully saturated rings. The molecule has 2 amide bonds. The minimum absolute atomic E-state index is 0.114. The number of nitrogens with one attached hydrogen (secondary N) is 1. The molecule has 0 saturated carbocycles. The molecular formula is C23H30N4O4S2. The van der Waals surface area contributed by atoms with Crippen LogP contribution in [0.3, 0.4) is 0 Å². The lowest BCUT2D eigenvalue weighted by atomic mass is 9.98. The van der Waals surface area contributed by atoms with Crippen LogP contribution in [0, 0.1) is 12.8 Å². The van der Waals surface area contributed by atoms with Crippen LogP contribution in [0.2, 0.25) is 0 Å². The van der Waals surface area contributed by atoms with Crippen LogP contribution in [0.4, 0.5) is 5.00 Å². The zero-order chi connectivity index (χ0) is 23.8. The molecule has 1 aromatic heterocycles. The molecule has 2 aliphatic rings. The fourth-order valence-corrected chi connectivity index (χ4v) is 7.35. The van der Waals surface area contributed by atoms with E-state index in [4.69, 9.17) is 5.73 Å². The summed E-state index contributed by atoms with van der Waals surface area (Å²) in [5.74, 6) is -1.31. The van der Waals surface area contributed by atoms with Crippen LogP contribution in [0.15, 0.2) is 29.2 Å². The van der Waals surface area contributed by atoms with Crippen molar-refractivity contribution in [2.75, 3.05) is 31.5 Å². The van der Waals surface area contributed by atoms with E-state index in [1.807, 2.05) is 6.92 Å². The van der Waals surface area contributed by atoms with Crippen molar-refractivity contribution in [3.63, 3.8) is 0 Å². The fourth-order valence-electron chi connectivity index (χ4n) is 4.52. The molecule has 10 heteroatoms. The van der Waals surface area contributed by atoms with Gasteiger partial charge in [0.2, 0.25) is 15.9 Å². The molecule has 178 valence electrons. The van der Waals surface area contributed by atoms with Crippen LogP contribution in [0.1, 0.15) is 46.1 Å². The average Bonchev–Trinajstić information content (AvgIpc) is 3.16. The molecule has 0 spiro atoms. The van der Waals surface area contributed by atoms with Crippen LogP contribution in [0.25, 0.3) is 0 Å². The second-order valence-corrected chi connectivity index (χ2v) is 11.7. The smallest absolute Gasteiger partial charge is 0.251 e. The van der Waals surface area contributed by atoms with Gasteiger partial charge in [-0.05, 0) is 50.4 Å². The lowest BCUT2D eigenvalue weighted by Gasteiger charge is -2.31. The summed E-state index contributed by atoms with van der Waals surface area (Å²) in [4.78, 5) is 28.9. The average molecular weight is 491 g/mol. The Kier molecular flexibility index (Phi) is 6.90. The second-order valence-electron chi connectivity index (χ2n) is 8.70. The highest BCUT2D eigenvalue weighted by Crippen LogP contribution is 2.37. The molecule has 0 aliphatic carbocycles. The number of carbonyl (C=O) groups is 2. The van der Waals surface area contributed by atoms with Crippen molar-refractivity contribution in [1.82, 2.24) is 9.21 Å². The van der Waals surface area contributed by atoms with Crippen LogP contribution in [-0.2, 0) is 27.8 Å². The SMILES string of the molecule is CCN1CCc2c(sc(NC(=O)C3CCCN(S(=O)(=O)c4ccc(C)cc4)C3)c2C(N)=O)C1. The normalized spacial score (nSPS) is 19.8. The zero-order valence-corrected chi connectivity index (χ0v) is 20.6. The fraction of sp³-hybridized carbons (Fsp3) is 0.478. The maximum Gasteiger partial charge on any atom is 0.251 e. The second kappa shape index (κ2) is 9.54.